The van der Waals surface area contributed by atoms with Crippen molar-refractivity contribution in [2.45, 2.75) is 19.4 Å². The number of allylic oxidation sites excluding steroid dienone is 2. The maximum atomic E-state index is 5.60. The van der Waals surface area contributed by atoms with Crippen LogP contribution in [0.3, 0.4) is 0 Å². The van der Waals surface area contributed by atoms with Crippen molar-refractivity contribution in [3.63, 3.8) is 0 Å². The number of para-hydroxylation sites is 1. The van der Waals surface area contributed by atoms with Gasteiger partial charge in [-0.15, -0.1) is 0 Å². The van der Waals surface area contributed by atoms with E-state index in [0.29, 0.717) is 0 Å². The van der Waals surface area contributed by atoms with Crippen molar-refractivity contribution in [2.24, 2.45) is 17.8 Å². The number of ether oxygens (including phenoxy) is 2. The Morgan fingerprint density at radius 2 is 1.76 bits per heavy atom. The molecular weight excluding hydrogens is 312 g/mol. The molecule has 1 saturated carbocycles. The summed E-state index contributed by atoms with van der Waals surface area (Å²) in [7, 11) is 3.45. The number of hydrogen-bond acceptors (Lipinski definition) is 2. The maximum Gasteiger partial charge on any atom is 0.169 e. The summed E-state index contributed by atoms with van der Waals surface area (Å²) in [6.45, 7) is 7.54. The molecule has 4 rings (SSSR count). The Bertz CT molecular complexity index is 622. The van der Waals surface area contributed by atoms with E-state index in [0.717, 1.165) is 35.8 Å². The lowest BCUT2D eigenvalue weighted by molar-refractivity contribution is -1.02. The molecule has 0 spiro atoms. The van der Waals surface area contributed by atoms with Gasteiger partial charge in [-0.25, -0.2) is 0 Å². The second-order valence-electron chi connectivity index (χ2n) is 8.07. The van der Waals surface area contributed by atoms with E-state index in [1.54, 1.807) is 19.1 Å². The molecule has 136 valence electrons. The highest BCUT2D eigenvalue weighted by Crippen LogP contribution is 2.42. The zero-order chi connectivity index (χ0) is 17.2. The minimum Gasteiger partial charge on any atom is -0.493 e. The van der Waals surface area contributed by atoms with E-state index < -0.39 is 0 Å². The topological polar surface area (TPSA) is 27.3 Å². The van der Waals surface area contributed by atoms with Crippen LogP contribution in [0.1, 0.15) is 18.4 Å². The summed E-state index contributed by atoms with van der Waals surface area (Å²) in [5, 5.41) is 0. The van der Waals surface area contributed by atoms with Gasteiger partial charge in [0, 0.05) is 5.92 Å². The average molecular weight is 344 g/mol. The van der Waals surface area contributed by atoms with Gasteiger partial charge in [-0.1, -0.05) is 18.2 Å². The summed E-state index contributed by atoms with van der Waals surface area (Å²) < 4.78 is 11.0. The third-order valence-electron chi connectivity index (χ3n) is 6.56. The highest BCUT2D eigenvalue weighted by Gasteiger charge is 2.38. The first kappa shape index (κ1) is 16.9. The molecule has 2 bridgehead atoms. The molecule has 3 aliphatic rings. The number of quaternary nitrogens is 2. The summed E-state index contributed by atoms with van der Waals surface area (Å²) >= 11 is 0. The lowest BCUT2D eigenvalue weighted by atomic mass is 9.93. The van der Waals surface area contributed by atoms with Crippen LogP contribution < -0.4 is 19.3 Å². The number of nitrogens with one attached hydrogen (secondary N) is 2. The van der Waals surface area contributed by atoms with E-state index >= 15 is 0 Å². The van der Waals surface area contributed by atoms with E-state index in [9.17, 15) is 0 Å². The maximum absolute atomic E-state index is 5.60. The van der Waals surface area contributed by atoms with Gasteiger partial charge in [0.25, 0.3) is 0 Å². The Hall–Kier alpha value is -1.52. The van der Waals surface area contributed by atoms with Crippen LogP contribution >= 0.6 is 0 Å². The molecule has 1 aliphatic heterocycles. The Balaban J connectivity index is 1.30. The van der Waals surface area contributed by atoms with Crippen LogP contribution in [0.2, 0.25) is 0 Å². The van der Waals surface area contributed by atoms with Gasteiger partial charge < -0.3 is 19.3 Å². The van der Waals surface area contributed by atoms with Crippen LogP contribution in [-0.2, 0) is 6.54 Å². The van der Waals surface area contributed by atoms with Gasteiger partial charge >= 0.3 is 0 Å². The zero-order valence-corrected chi connectivity index (χ0v) is 15.6. The molecule has 2 fully saturated rings. The standard InChI is InChI=1S/C21H30N2O2/c1-24-20-5-3-4-18(21(20)25-2)14-22-8-10-23(11-9-22)15-19-13-16-6-7-17(19)12-16/h3-7,16-17,19H,8-15H2,1-2H3/p+2/t16-,17+,19-/m1/s1. The molecule has 0 amide bonds. The minimum atomic E-state index is 0.841. The van der Waals surface area contributed by atoms with Crippen LogP contribution in [-0.4, -0.2) is 46.9 Å². The molecule has 0 aromatic heterocycles. The van der Waals surface area contributed by atoms with Crippen molar-refractivity contribution in [3.05, 3.63) is 35.9 Å². The molecule has 25 heavy (non-hydrogen) atoms. The first-order chi connectivity index (χ1) is 12.3. The Labute approximate surface area is 151 Å². The van der Waals surface area contributed by atoms with Crippen LogP contribution in [0, 0.1) is 17.8 Å². The molecule has 2 aliphatic carbocycles. The smallest absolute Gasteiger partial charge is 0.169 e. The first-order valence-electron chi connectivity index (χ1n) is 9.82. The quantitative estimate of drug-likeness (QED) is 0.722. The number of fused-ring (bicyclic) bond motifs is 2. The van der Waals surface area contributed by atoms with Crippen molar-refractivity contribution in [1.29, 1.82) is 0 Å². The van der Waals surface area contributed by atoms with Crippen LogP contribution in [0.25, 0.3) is 0 Å². The largest absolute Gasteiger partial charge is 0.493 e. The molecule has 4 nitrogen and oxygen atoms in total. The number of rotatable bonds is 6. The molecule has 1 aromatic carbocycles. The summed E-state index contributed by atoms with van der Waals surface area (Å²) in [6, 6.07) is 6.22. The average Bonchev–Trinajstić information content (AvgIpc) is 3.26. The van der Waals surface area contributed by atoms with E-state index in [1.807, 2.05) is 11.0 Å². The fourth-order valence-corrected chi connectivity index (χ4v) is 5.20. The third-order valence-corrected chi connectivity index (χ3v) is 6.56. The Morgan fingerprint density at radius 1 is 0.960 bits per heavy atom. The predicted molar refractivity (Wildman–Crippen MR) is 98.4 cm³/mol. The lowest BCUT2D eigenvalue weighted by Crippen LogP contribution is -3.27. The monoisotopic (exact) mass is 344 g/mol. The van der Waals surface area contributed by atoms with Crippen LogP contribution in [0.15, 0.2) is 30.4 Å². The normalized spacial score (nSPS) is 33.6. The van der Waals surface area contributed by atoms with Gasteiger partial charge in [-0.3, -0.25) is 0 Å². The first-order valence-corrected chi connectivity index (χ1v) is 9.82. The van der Waals surface area contributed by atoms with Gasteiger partial charge in [-0.2, -0.15) is 0 Å². The summed E-state index contributed by atoms with van der Waals surface area (Å²) in [5.41, 5.74) is 1.26. The molecule has 1 aromatic rings. The lowest BCUT2D eigenvalue weighted by Gasteiger charge is -2.32. The molecule has 4 heteroatoms. The van der Waals surface area contributed by atoms with Crippen LogP contribution in [0.5, 0.6) is 11.5 Å². The minimum absolute atomic E-state index is 0.841. The van der Waals surface area contributed by atoms with Crippen molar-refractivity contribution in [2.75, 3.05) is 46.9 Å². The van der Waals surface area contributed by atoms with E-state index in [4.69, 9.17) is 9.47 Å². The number of benzene rings is 1. The fourth-order valence-electron chi connectivity index (χ4n) is 5.20. The molecule has 2 N–H and O–H groups in total. The summed E-state index contributed by atoms with van der Waals surface area (Å²) in [4.78, 5) is 3.50. The molecule has 0 radical (unpaired) electrons. The Kier molecular flexibility index (Phi) is 5.00. The number of hydrogen-bond donors (Lipinski definition) is 2. The molecule has 1 heterocycles. The second-order valence-corrected chi connectivity index (χ2v) is 8.07. The highest BCUT2D eigenvalue weighted by molar-refractivity contribution is 5.46. The fraction of sp³-hybridized carbons (Fsp3) is 0.619. The molecular formula is C21H32N2O2+2. The van der Waals surface area contributed by atoms with Crippen molar-refractivity contribution >= 4 is 0 Å². The number of piperazine rings is 1. The molecule has 3 atom stereocenters. The van der Waals surface area contributed by atoms with Gasteiger partial charge in [-0.05, 0) is 36.8 Å². The van der Waals surface area contributed by atoms with Gasteiger partial charge in [0.05, 0.1) is 26.3 Å². The van der Waals surface area contributed by atoms with E-state index in [2.05, 4.69) is 24.3 Å². The van der Waals surface area contributed by atoms with Crippen molar-refractivity contribution in [1.82, 2.24) is 0 Å². The predicted octanol–water partition coefficient (Wildman–Crippen LogP) is 0.199. The van der Waals surface area contributed by atoms with Crippen molar-refractivity contribution in [3.8, 4) is 11.5 Å². The zero-order valence-electron chi connectivity index (χ0n) is 15.6. The van der Waals surface area contributed by atoms with Gasteiger partial charge in [0.1, 0.15) is 32.7 Å². The molecule has 0 unspecified atom stereocenters. The third kappa shape index (κ3) is 3.56. The van der Waals surface area contributed by atoms with Gasteiger partial charge in [0.15, 0.2) is 11.5 Å². The Morgan fingerprint density at radius 3 is 2.40 bits per heavy atom. The summed E-state index contributed by atoms with van der Waals surface area (Å²) in [6.07, 6.45) is 7.84. The summed E-state index contributed by atoms with van der Waals surface area (Å²) in [5.74, 6) is 4.49. The van der Waals surface area contributed by atoms with Crippen LogP contribution in [0.4, 0.5) is 0 Å². The van der Waals surface area contributed by atoms with Gasteiger partial charge in [0.2, 0.25) is 0 Å². The SMILES string of the molecule is COc1cccc(C[NH+]2CC[NH+](C[C@H]3C[C@@H]4C=C[C@H]3C4)CC2)c1OC. The van der Waals surface area contributed by atoms with E-state index in [-0.39, 0.29) is 0 Å². The molecule has 1 saturated heterocycles. The highest BCUT2D eigenvalue weighted by atomic mass is 16.5. The number of methoxy groups -OCH3 is 2. The van der Waals surface area contributed by atoms with E-state index in [1.165, 1.54) is 51.1 Å². The van der Waals surface area contributed by atoms with Crippen molar-refractivity contribution < 1.29 is 19.3 Å². The second kappa shape index (κ2) is 7.38.